The molecule has 0 radical (unpaired) electrons. The maximum atomic E-state index is 13.2. The molecule has 0 aliphatic rings. The number of anilines is 1. The van der Waals surface area contributed by atoms with Gasteiger partial charge >= 0.3 is 29.6 Å². The normalized spacial score (nSPS) is 11.0. The van der Waals surface area contributed by atoms with Gasteiger partial charge in [-0.05, 0) is 48.9 Å². The predicted molar refractivity (Wildman–Crippen MR) is 104 cm³/mol. The first-order valence-electron chi connectivity index (χ1n) is 8.15. The van der Waals surface area contributed by atoms with E-state index in [1.165, 1.54) is 36.2 Å². The first kappa shape index (κ1) is 22.3. The molecule has 0 saturated carbocycles. The summed E-state index contributed by atoms with van der Waals surface area (Å²) in [5.74, 6) is 0.706. The Bertz CT molecular complexity index is 1140. The number of aromatic nitrogens is 1. The maximum absolute atomic E-state index is 13.2. The molecule has 144 valence electrons. The zero-order chi connectivity index (χ0) is 19.8. The molecule has 9 heteroatoms. The average molecular weight is 412 g/mol. The molecule has 0 spiro atoms. The molecule has 2 aromatic carbocycles. The number of carbonyl (C=O) groups is 1. The van der Waals surface area contributed by atoms with Crippen LogP contribution in [0.1, 0.15) is 13.9 Å². The number of rotatable bonds is 5. The molecule has 7 nitrogen and oxygen atoms in total. The number of carbonyl (C=O) groups excluding carboxylic acids is 1. The third kappa shape index (κ3) is 4.05. The topological polar surface area (TPSA) is 86.6 Å². The summed E-state index contributed by atoms with van der Waals surface area (Å²) in [6.07, 6.45) is 1.57. The van der Waals surface area contributed by atoms with Crippen molar-refractivity contribution in [2.75, 3.05) is 19.5 Å². The fourth-order valence-electron chi connectivity index (χ4n) is 2.91. The SMILES string of the molecule is COc1ccc2c(c1)c(C)cn2S(=O)(=O)c1ccc(OC)c(NC(C)=O)c1.[H-].[Na+]. The van der Waals surface area contributed by atoms with Crippen LogP contribution in [0.2, 0.25) is 0 Å². The Balaban J connectivity index is 0.00000210. The van der Waals surface area contributed by atoms with Gasteiger partial charge in [0.05, 0.1) is 30.3 Å². The molecular weight excluding hydrogens is 391 g/mol. The molecule has 0 fully saturated rings. The number of nitrogens with one attached hydrogen (secondary N) is 1. The van der Waals surface area contributed by atoms with Crippen molar-refractivity contribution in [2.24, 2.45) is 0 Å². The zero-order valence-electron chi connectivity index (χ0n) is 17.4. The van der Waals surface area contributed by atoms with Gasteiger partial charge in [-0.15, -0.1) is 0 Å². The van der Waals surface area contributed by atoms with Gasteiger partial charge in [0.15, 0.2) is 0 Å². The standard InChI is InChI=1S/C19H20N2O5S.Na.H/c1-12-11-21(18-7-5-14(25-3)9-16(12)18)27(23,24)15-6-8-19(26-4)17(10-15)20-13(2)22;;/h5-11H,1-4H3,(H,20,22);;/q;+1;-1. The van der Waals surface area contributed by atoms with E-state index in [-0.39, 0.29) is 41.8 Å². The summed E-state index contributed by atoms with van der Waals surface area (Å²) in [6.45, 7) is 3.18. The Morgan fingerprint density at radius 3 is 2.43 bits per heavy atom. The van der Waals surface area contributed by atoms with Gasteiger partial charge in [0, 0.05) is 18.5 Å². The minimum Gasteiger partial charge on any atom is -1.00 e. The van der Waals surface area contributed by atoms with Gasteiger partial charge in [-0.3, -0.25) is 4.79 Å². The van der Waals surface area contributed by atoms with Crippen LogP contribution >= 0.6 is 0 Å². The number of benzene rings is 2. The van der Waals surface area contributed by atoms with Crippen molar-refractivity contribution >= 4 is 32.5 Å². The first-order valence-corrected chi connectivity index (χ1v) is 9.59. The van der Waals surface area contributed by atoms with Crippen molar-refractivity contribution in [3.8, 4) is 11.5 Å². The number of fused-ring (bicyclic) bond motifs is 1. The molecule has 0 bridgehead atoms. The van der Waals surface area contributed by atoms with Crippen LogP contribution in [0.4, 0.5) is 5.69 Å². The fraction of sp³-hybridized carbons (Fsp3) is 0.211. The summed E-state index contributed by atoms with van der Waals surface area (Å²) in [5.41, 5.74) is 1.65. The van der Waals surface area contributed by atoms with Crippen LogP contribution in [0.3, 0.4) is 0 Å². The number of hydrogen-bond donors (Lipinski definition) is 1. The van der Waals surface area contributed by atoms with Crippen molar-refractivity contribution in [3.05, 3.63) is 48.2 Å². The van der Waals surface area contributed by atoms with Gasteiger partial charge in [0.2, 0.25) is 5.91 Å². The van der Waals surface area contributed by atoms with Crippen molar-refractivity contribution in [1.82, 2.24) is 3.97 Å². The number of hydrogen-bond acceptors (Lipinski definition) is 5. The minimum absolute atomic E-state index is 0. The van der Waals surface area contributed by atoms with E-state index in [2.05, 4.69) is 5.32 Å². The third-order valence-electron chi connectivity index (χ3n) is 4.22. The molecule has 28 heavy (non-hydrogen) atoms. The number of nitrogens with zero attached hydrogens (tertiary/aromatic N) is 1. The van der Waals surface area contributed by atoms with Gasteiger partial charge in [0.1, 0.15) is 11.5 Å². The Hall–Kier alpha value is -2.00. The van der Waals surface area contributed by atoms with Crippen LogP contribution in [0.15, 0.2) is 47.5 Å². The summed E-state index contributed by atoms with van der Waals surface area (Å²) in [4.78, 5) is 11.5. The van der Waals surface area contributed by atoms with Gasteiger partial charge in [0.25, 0.3) is 10.0 Å². The smallest absolute Gasteiger partial charge is 1.00 e. The van der Waals surface area contributed by atoms with Crippen LogP contribution in [0.25, 0.3) is 10.9 Å². The van der Waals surface area contributed by atoms with Crippen LogP contribution in [0.5, 0.6) is 11.5 Å². The number of amides is 1. The summed E-state index contributed by atoms with van der Waals surface area (Å²) < 4.78 is 38.1. The Morgan fingerprint density at radius 1 is 1.11 bits per heavy atom. The second-order valence-corrected chi connectivity index (χ2v) is 7.85. The van der Waals surface area contributed by atoms with Crippen molar-refractivity contribution in [2.45, 2.75) is 18.7 Å². The monoisotopic (exact) mass is 412 g/mol. The summed E-state index contributed by atoms with van der Waals surface area (Å²) in [6, 6.07) is 9.57. The second-order valence-electron chi connectivity index (χ2n) is 6.04. The molecule has 0 atom stereocenters. The van der Waals surface area contributed by atoms with Crippen LogP contribution < -0.4 is 44.3 Å². The molecular formula is C19H21N2NaO5S. The van der Waals surface area contributed by atoms with Gasteiger partial charge in [-0.2, -0.15) is 0 Å². The molecule has 0 saturated heterocycles. The summed E-state index contributed by atoms with van der Waals surface area (Å²) in [5, 5.41) is 3.38. The van der Waals surface area contributed by atoms with E-state index in [1.54, 1.807) is 31.5 Å². The molecule has 0 aliphatic heterocycles. The van der Waals surface area contributed by atoms with E-state index in [1.807, 2.05) is 6.92 Å². The predicted octanol–water partition coefficient (Wildman–Crippen LogP) is 0.279. The zero-order valence-corrected chi connectivity index (χ0v) is 19.3. The fourth-order valence-corrected chi connectivity index (χ4v) is 4.36. The summed E-state index contributed by atoms with van der Waals surface area (Å²) >= 11 is 0. The van der Waals surface area contributed by atoms with Crippen LogP contribution in [-0.2, 0) is 14.8 Å². The Labute approximate surface area is 187 Å². The molecule has 1 amide bonds. The molecule has 1 heterocycles. The number of aryl methyl sites for hydroxylation is 1. The maximum Gasteiger partial charge on any atom is 1.00 e. The molecule has 1 N–H and O–H groups in total. The van der Waals surface area contributed by atoms with Crippen LogP contribution in [0, 0.1) is 6.92 Å². The molecule has 0 aliphatic carbocycles. The quantitative estimate of drug-likeness (QED) is 0.609. The van der Waals surface area contributed by atoms with Crippen LogP contribution in [-0.4, -0.2) is 32.5 Å². The van der Waals surface area contributed by atoms with E-state index in [9.17, 15) is 13.2 Å². The minimum atomic E-state index is -3.88. The Morgan fingerprint density at radius 2 is 1.82 bits per heavy atom. The first-order chi connectivity index (χ1) is 12.8. The van der Waals surface area contributed by atoms with E-state index < -0.39 is 10.0 Å². The van der Waals surface area contributed by atoms with Crippen molar-refractivity contribution < 1.29 is 53.7 Å². The molecule has 3 rings (SSSR count). The Kier molecular flexibility index (Phi) is 6.82. The average Bonchev–Trinajstić information content (AvgIpc) is 2.98. The van der Waals surface area contributed by atoms with Crippen molar-refractivity contribution in [3.63, 3.8) is 0 Å². The van der Waals surface area contributed by atoms with Gasteiger partial charge in [-0.25, -0.2) is 12.4 Å². The van der Waals surface area contributed by atoms with E-state index in [0.717, 1.165) is 10.9 Å². The number of ether oxygens (including phenoxy) is 2. The second kappa shape index (κ2) is 8.57. The largest absolute Gasteiger partial charge is 1.00 e. The molecule has 0 unspecified atom stereocenters. The van der Waals surface area contributed by atoms with Crippen molar-refractivity contribution in [1.29, 1.82) is 0 Å². The molecule has 3 aromatic rings. The van der Waals surface area contributed by atoms with E-state index in [0.29, 0.717) is 22.7 Å². The summed E-state index contributed by atoms with van der Waals surface area (Å²) in [7, 11) is -0.869. The third-order valence-corrected chi connectivity index (χ3v) is 5.89. The van der Waals surface area contributed by atoms with Gasteiger partial charge in [-0.1, -0.05) is 0 Å². The van der Waals surface area contributed by atoms with E-state index >= 15 is 0 Å². The number of methoxy groups -OCH3 is 2. The molecule has 1 aromatic heterocycles. The van der Waals surface area contributed by atoms with E-state index in [4.69, 9.17) is 9.47 Å². The van der Waals surface area contributed by atoms with Gasteiger partial charge < -0.3 is 16.2 Å².